The maximum absolute atomic E-state index is 11.7. The van der Waals surface area contributed by atoms with Gasteiger partial charge in [0.05, 0.1) is 12.7 Å². The summed E-state index contributed by atoms with van der Waals surface area (Å²) < 4.78 is 10.4. The number of primary amides is 1. The van der Waals surface area contributed by atoms with Crippen LogP contribution in [0.5, 0.6) is 5.75 Å². The summed E-state index contributed by atoms with van der Waals surface area (Å²) in [5.74, 6) is -0.814. The molecule has 1 atom stereocenters. The molecule has 6 heteroatoms. The highest BCUT2D eigenvalue weighted by molar-refractivity contribution is 9.10. The van der Waals surface area contributed by atoms with E-state index < -0.39 is 18.0 Å². The lowest BCUT2D eigenvalue weighted by Gasteiger charge is -2.11. The van der Waals surface area contributed by atoms with Gasteiger partial charge in [-0.1, -0.05) is 0 Å². The van der Waals surface area contributed by atoms with E-state index in [0.29, 0.717) is 10.2 Å². The molecule has 1 rings (SSSR count). The van der Waals surface area contributed by atoms with Crippen molar-refractivity contribution in [2.75, 3.05) is 7.11 Å². The minimum atomic E-state index is -0.972. The van der Waals surface area contributed by atoms with Gasteiger partial charge in [-0.25, -0.2) is 4.79 Å². The number of nitrogens with two attached hydrogens (primary N) is 1. The van der Waals surface area contributed by atoms with Gasteiger partial charge in [-0.2, -0.15) is 0 Å². The number of carbonyl (C=O) groups excluding carboxylic acids is 2. The summed E-state index contributed by atoms with van der Waals surface area (Å²) in [6.07, 6.45) is -0.972. The molecule has 1 aromatic rings. The molecule has 0 aliphatic carbocycles. The molecule has 2 N–H and O–H groups in total. The molecular weight excluding hydrogens is 290 g/mol. The number of rotatable bonds is 4. The topological polar surface area (TPSA) is 78.6 Å². The van der Waals surface area contributed by atoms with E-state index in [9.17, 15) is 9.59 Å². The van der Waals surface area contributed by atoms with Crippen molar-refractivity contribution < 1.29 is 19.1 Å². The minimum Gasteiger partial charge on any atom is -0.497 e. The Morgan fingerprint density at radius 3 is 2.59 bits per heavy atom. The third kappa shape index (κ3) is 3.45. The Kier molecular flexibility index (Phi) is 4.51. The van der Waals surface area contributed by atoms with E-state index in [0.717, 1.165) is 0 Å². The van der Waals surface area contributed by atoms with Gasteiger partial charge < -0.3 is 15.2 Å². The van der Waals surface area contributed by atoms with Crippen LogP contribution < -0.4 is 10.5 Å². The van der Waals surface area contributed by atoms with E-state index >= 15 is 0 Å². The molecule has 5 nitrogen and oxygen atoms in total. The third-order valence-corrected chi connectivity index (χ3v) is 2.77. The monoisotopic (exact) mass is 301 g/mol. The Hall–Kier alpha value is -1.56. The van der Waals surface area contributed by atoms with E-state index in [4.69, 9.17) is 15.2 Å². The molecule has 0 radical (unpaired) electrons. The number of halogens is 1. The largest absolute Gasteiger partial charge is 0.497 e. The Bertz CT molecular complexity index is 447. The zero-order valence-electron chi connectivity index (χ0n) is 9.40. The number of carbonyl (C=O) groups is 2. The van der Waals surface area contributed by atoms with Crippen LogP contribution in [0.2, 0.25) is 0 Å². The van der Waals surface area contributed by atoms with Gasteiger partial charge in [-0.15, -0.1) is 0 Å². The Morgan fingerprint density at radius 1 is 1.41 bits per heavy atom. The van der Waals surface area contributed by atoms with Crippen LogP contribution in [-0.2, 0) is 9.53 Å². The van der Waals surface area contributed by atoms with Crippen LogP contribution in [0.3, 0.4) is 0 Å². The maximum atomic E-state index is 11.7. The van der Waals surface area contributed by atoms with E-state index in [1.54, 1.807) is 12.1 Å². The Morgan fingerprint density at radius 2 is 2.06 bits per heavy atom. The van der Waals surface area contributed by atoms with Crippen LogP contribution in [0.1, 0.15) is 17.3 Å². The highest BCUT2D eigenvalue weighted by Gasteiger charge is 2.18. The van der Waals surface area contributed by atoms with Gasteiger partial charge in [0.15, 0.2) is 6.10 Å². The fourth-order valence-electron chi connectivity index (χ4n) is 1.07. The minimum absolute atomic E-state index is 0.275. The van der Waals surface area contributed by atoms with Crippen molar-refractivity contribution in [3.8, 4) is 5.75 Å². The van der Waals surface area contributed by atoms with Crippen molar-refractivity contribution in [2.45, 2.75) is 13.0 Å². The zero-order valence-corrected chi connectivity index (χ0v) is 11.0. The van der Waals surface area contributed by atoms with Crippen molar-refractivity contribution in [3.05, 3.63) is 28.2 Å². The number of benzene rings is 1. The van der Waals surface area contributed by atoms with Crippen LogP contribution in [-0.4, -0.2) is 25.1 Å². The van der Waals surface area contributed by atoms with Crippen molar-refractivity contribution in [2.24, 2.45) is 5.73 Å². The normalized spacial score (nSPS) is 11.7. The smallest absolute Gasteiger partial charge is 0.340 e. The second-order valence-corrected chi connectivity index (χ2v) is 4.15. The highest BCUT2D eigenvalue weighted by Crippen LogP contribution is 2.23. The summed E-state index contributed by atoms with van der Waals surface area (Å²) in [5, 5.41) is 0. The third-order valence-electron chi connectivity index (χ3n) is 2.08. The van der Waals surface area contributed by atoms with Gasteiger partial charge >= 0.3 is 5.97 Å². The predicted octanol–water partition coefficient (Wildman–Crippen LogP) is 1.49. The summed E-state index contributed by atoms with van der Waals surface area (Å²) in [6.45, 7) is 1.41. The van der Waals surface area contributed by atoms with E-state index in [-0.39, 0.29) is 5.56 Å². The molecule has 1 amide bonds. The van der Waals surface area contributed by atoms with E-state index in [2.05, 4.69) is 15.9 Å². The number of esters is 1. The zero-order chi connectivity index (χ0) is 13.0. The standard InChI is InChI=1S/C11H12BrNO4/c1-6(10(13)14)17-11(15)8-5-7(16-2)3-4-9(8)12/h3-6H,1-2H3,(H2,13,14)/t6-/m0/s1. The summed E-state index contributed by atoms with van der Waals surface area (Å²) in [4.78, 5) is 22.5. The molecule has 92 valence electrons. The maximum Gasteiger partial charge on any atom is 0.340 e. The number of ether oxygens (including phenoxy) is 2. The summed E-state index contributed by atoms with van der Waals surface area (Å²) in [5.41, 5.74) is 5.28. The van der Waals surface area contributed by atoms with Crippen LogP contribution in [0.15, 0.2) is 22.7 Å². The molecule has 0 aliphatic heterocycles. The fourth-order valence-corrected chi connectivity index (χ4v) is 1.48. The van der Waals surface area contributed by atoms with Crippen LogP contribution in [0.25, 0.3) is 0 Å². The van der Waals surface area contributed by atoms with Crippen LogP contribution in [0, 0.1) is 0 Å². The van der Waals surface area contributed by atoms with Crippen LogP contribution >= 0.6 is 15.9 Å². The number of amides is 1. The molecular formula is C11H12BrNO4. The molecule has 0 fully saturated rings. The molecule has 0 bridgehead atoms. The second-order valence-electron chi connectivity index (χ2n) is 3.30. The molecule has 0 saturated heterocycles. The first-order valence-corrected chi connectivity index (χ1v) is 5.59. The molecule has 17 heavy (non-hydrogen) atoms. The number of hydrogen-bond donors (Lipinski definition) is 1. The molecule has 0 aromatic heterocycles. The van der Waals surface area contributed by atoms with Crippen molar-refractivity contribution in [3.63, 3.8) is 0 Å². The first-order valence-electron chi connectivity index (χ1n) is 4.79. The molecule has 0 aliphatic rings. The van der Waals surface area contributed by atoms with Crippen molar-refractivity contribution in [1.82, 2.24) is 0 Å². The van der Waals surface area contributed by atoms with E-state index in [1.165, 1.54) is 20.1 Å². The summed E-state index contributed by atoms with van der Waals surface area (Å²) in [7, 11) is 1.49. The molecule has 0 heterocycles. The number of hydrogen-bond acceptors (Lipinski definition) is 4. The second kappa shape index (κ2) is 5.67. The Labute approximate surface area is 107 Å². The Balaban J connectivity index is 2.91. The first-order chi connectivity index (χ1) is 7.95. The molecule has 1 aromatic carbocycles. The average molecular weight is 302 g/mol. The highest BCUT2D eigenvalue weighted by atomic mass is 79.9. The molecule has 0 unspecified atom stereocenters. The summed E-state index contributed by atoms with van der Waals surface area (Å²) in [6, 6.07) is 4.86. The van der Waals surface area contributed by atoms with Gasteiger partial charge in [0.2, 0.25) is 0 Å². The van der Waals surface area contributed by atoms with Gasteiger partial charge in [-0.05, 0) is 41.1 Å². The lowest BCUT2D eigenvalue weighted by Crippen LogP contribution is -2.30. The SMILES string of the molecule is COc1ccc(Br)c(C(=O)O[C@@H](C)C(N)=O)c1. The first kappa shape index (κ1) is 13.5. The fraction of sp³-hybridized carbons (Fsp3) is 0.273. The quantitative estimate of drug-likeness (QED) is 0.855. The molecule has 0 saturated carbocycles. The average Bonchev–Trinajstić information content (AvgIpc) is 2.29. The number of methoxy groups -OCH3 is 1. The molecule has 0 spiro atoms. The van der Waals surface area contributed by atoms with Gasteiger partial charge in [0, 0.05) is 4.47 Å². The predicted molar refractivity (Wildman–Crippen MR) is 64.8 cm³/mol. The van der Waals surface area contributed by atoms with E-state index in [1.807, 2.05) is 0 Å². The van der Waals surface area contributed by atoms with Crippen molar-refractivity contribution in [1.29, 1.82) is 0 Å². The van der Waals surface area contributed by atoms with Gasteiger partial charge in [0.1, 0.15) is 5.75 Å². The van der Waals surface area contributed by atoms with Gasteiger partial charge in [-0.3, -0.25) is 4.79 Å². The van der Waals surface area contributed by atoms with Crippen molar-refractivity contribution >= 4 is 27.8 Å². The van der Waals surface area contributed by atoms with Gasteiger partial charge in [0.25, 0.3) is 5.91 Å². The summed E-state index contributed by atoms with van der Waals surface area (Å²) >= 11 is 3.21. The lowest BCUT2D eigenvalue weighted by atomic mass is 10.2. The lowest BCUT2D eigenvalue weighted by molar-refractivity contribution is -0.125. The van der Waals surface area contributed by atoms with Crippen LogP contribution in [0.4, 0.5) is 0 Å².